The molecule has 0 radical (unpaired) electrons. The lowest BCUT2D eigenvalue weighted by molar-refractivity contribution is -0.116. The molecule has 0 atom stereocenters. The summed E-state index contributed by atoms with van der Waals surface area (Å²) < 4.78 is 13.0. The Kier molecular flexibility index (Phi) is 5.26. The summed E-state index contributed by atoms with van der Waals surface area (Å²) in [5.41, 5.74) is 3.11. The zero-order chi connectivity index (χ0) is 17.5. The Morgan fingerprint density at radius 2 is 1.80 bits per heavy atom. The van der Waals surface area contributed by atoms with Crippen molar-refractivity contribution < 1.29 is 9.18 Å². The number of hydrogen-bond acceptors (Lipinski definition) is 3. The topological polar surface area (TPSA) is 54.9 Å². The van der Waals surface area contributed by atoms with Gasteiger partial charge in [0, 0.05) is 11.6 Å². The van der Waals surface area contributed by atoms with Gasteiger partial charge in [-0.05, 0) is 42.0 Å². The SMILES string of the molecule is O=C(/C=C/c1ccccc1)NCc1cc(-c2ccc(F)cc2)ncn1. The van der Waals surface area contributed by atoms with Gasteiger partial charge in [0.2, 0.25) is 5.91 Å². The van der Waals surface area contributed by atoms with E-state index in [4.69, 9.17) is 0 Å². The fourth-order valence-electron chi connectivity index (χ4n) is 2.25. The van der Waals surface area contributed by atoms with E-state index in [0.29, 0.717) is 11.4 Å². The van der Waals surface area contributed by atoms with Gasteiger partial charge in [-0.15, -0.1) is 0 Å². The first-order valence-electron chi connectivity index (χ1n) is 7.78. The Labute approximate surface area is 145 Å². The first kappa shape index (κ1) is 16.5. The molecule has 124 valence electrons. The van der Waals surface area contributed by atoms with Crippen LogP contribution in [-0.4, -0.2) is 15.9 Å². The van der Waals surface area contributed by atoms with Crippen LogP contribution in [0.15, 0.2) is 73.1 Å². The van der Waals surface area contributed by atoms with Crippen molar-refractivity contribution in [2.75, 3.05) is 0 Å². The van der Waals surface area contributed by atoms with Gasteiger partial charge in [-0.3, -0.25) is 4.79 Å². The number of amides is 1. The first-order chi connectivity index (χ1) is 12.2. The van der Waals surface area contributed by atoms with Crippen molar-refractivity contribution in [2.24, 2.45) is 0 Å². The maximum absolute atomic E-state index is 13.0. The van der Waals surface area contributed by atoms with Crippen LogP contribution in [0.4, 0.5) is 4.39 Å². The largest absolute Gasteiger partial charge is 0.347 e. The number of carbonyl (C=O) groups excluding carboxylic acids is 1. The number of halogens is 1. The predicted molar refractivity (Wildman–Crippen MR) is 94.7 cm³/mol. The van der Waals surface area contributed by atoms with Crippen molar-refractivity contribution in [1.82, 2.24) is 15.3 Å². The van der Waals surface area contributed by atoms with Crippen LogP contribution in [0, 0.1) is 5.82 Å². The highest BCUT2D eigenvalue weighted by atomic mass is 19.1. The summed E-state index contributed by atoms with van der Waals surface area (Å²) in [5, 5.41) is 2.78. The lowest BCUT2D eigenvalue weighted by Crippen LogP contribution is -2.20. The maximum atomic E-state index is 13.0. The molecule has 0 fully saturated rings. The molecule has 5 heteroatoms. The molecule has 25 heavy (non-hydrogen) atoms. The molecular weight excluding hydrogens is 317 g/mol. The predicted octanol–water partition coefficient (Wildman–Crippen LogP) is 3.61. The van der Waals surface area contributed by atoms with Crippen molar-refractivity contribution >= 4 is 12.0 Å². The Morgan fingerprint density at radius 1 is 1.04 bits per heavy atom. The molecule has 0 aliphatic heterocycles. The van der Waals surface area contributed by atoms with Gasteiger partial charge in [0.1, 0.15) is 12.1 Å². The number of benzene rings is 2. The van der Waals surface area contributed by atoms with Crippen molar-refractivity contribution in [2.45, 2.75) is 6.54 Å². The number of nitrogens with one attached hydrogen (secondary N) is 1. The standard InChI is InChI=1S/C20H16FN3O/c21-17-9-7-16(8-10-17)19-12-18(23-14-24-19)13-22-20(25)11-6-15-4-2-1-3-5-15/h1-12,14H,13H2,(H,22,25)/b11-6+. The third kappa shape index (κ3) is 4.81. The molecule has 0 saturated carbocycles. The molecule has 2 aromatic carbocycles. The van der Waals surface area contributed by atoms with Gasteiger partial charge in [-0.2, -0.15) is 0 Å². The van der Waals surface area contributed by atoms with Crippen molar-refractivity contribution in [3.05, 3.63) is 90.1 Å². The van der Waals surface area contributed by atoms with Crippen LogP contribution in [0.1, 0.15) is 11.3 Å². The van der Waals surface area contributed by atoms with Crippen LogP contribution in [0.5, 0.6) is 0 Å². The van der Waals surface area contributed by atoms with E-state index >= 15 is 0 Å². The minimum Gasteiger partial charge on any atom is -0.347 e. The average Bonchev–Trinajstić information content (AvgIpc) is 2.66. The van der Waals surface area contributed by atoms with Crippen LogP contribution >= 0.6 is 0 Å². The number of nitrogens with zero attached hydrogens (tertiary/aromatic N) is 2. The second kappa shape index (κ2) is 7.97. The molecule has 0 aliphatic rings. The van der Waals surface area contributed by atoms with Gasteiger partial charge in [-0.1, -0.05) is 30.3 Å². The van der Waals surface area contributed by atoms with Gasteiger partial charge < -0.3 is 5.32 Å². The fraction of sp³-hybridized carbons (Fsp3) is 0.0500. The normalized spacial score (nSPS) is 10.8. The highest BCUT2D eigenvalue weighted by Gasteiger charge is 2.03. The van der Waals surface area contributed by atoms with E-state index in [0.717, 1.165) is 11.1 Å². The smallest absolute Gasteiger partial charge is 0.244 e. The van der Waals surface area contributed by atoms with Crippen molar-refractivity contribution in [3.8, 4) is 11.3 Å². The molecular formula is C20H16FN3O. The highest BCUT2D eigenvalue weighted by molar-refractivity contribution is 5.91. The van der Waals surface area contributed by atoms with Crippen LogP contribution < -0.4 is 5.32 Å². The van der Waals surface area contributed by atoms with Gasteiger partial charge in [0.15, 0.2) is 0 Å². The zero-order valence-corrected chi connectivity index (χ0v) is 13.4. The molecule has 0 unspecified atom stereocenters. The summed E-state index contributed by atoms with van der Waals surface area (Å²) in [6.45, 7) is 0.286. The van der Waals surface area contributed by atoms with E-state index in [1.165, 1.54) is 24.5 Å². The Bertz CT molecular complexity index is 877. The van der Waals surface area contributed by atoms with E-state index < -0.39 is 0 Å². The minimum absolute atomic E-state index is 0.203. The summed E-state index contributed by atoms with van der Waals surface area (Å²) in [6.07, 6.45) is 4.66. The van der Waals surface area contributed by atoms with E-state index in [2.05, 4.69) is 15.3 Å². The lowest BCUT2D eigenvalue weighted by atomic mass is 10.1. The maximum Gasteiger partial charge on any atom is 0.244 e. The second-order valence-electron chi connectivity index (χ2n) is 5.36. The number of carbonyl (C=O) groups is 1. The Morgan fingerprint density at radius 3 is 2.56 bits per heavy atom. The van der Waals surface area contributed by atoms with Crippen molar-refractivity contribution in [3.63, 3.8) is 0 Å². The molecule has 1 N–H and O–H groups in total. The quantitative estimate of drug-likeness (QED) is 0.726. The lowest BCUT2D eigenvalue weighted by Gasteiger charge is -2.05. The third-order valence-electron chi connectivity index (χ3n) is 3.53. The molecule has 0 saturated heterocycles. The van der Waals surface area contributed by atoms with Gasteiger partial charge in [0.05, 0.1) is 17.9 Å². The molecule has 3 rings (SSSR count). The fourth-order valence-corrected chi connectivity index (χ4v) is 2.25. The summed E-state index contributed by atoms with van der Waals surface area (Å²) in [4.78, 5) is 20.2. The summed E-state index contributed by atoms with van der Waals surface area (Å²) in [7, 11) is 0. The molecule has 0 spiro atoms. The van der Waals surface area contributed by atoms with Crippen LogP contribution in [0.25, 0.3) is 17.3 Å². The van der Waals surface area contributed by atoms with Gasteiger partial charge in [-0.25, -0.2) is 14.4 Å². The summed E-state index contributed by atoms with van der Waals surface area (Å²) in [6, 6.07) is 17.4. The number of hydrogen-bond donors (Lipinski definition) is 1. The van der Waals surface area contributed by atoms with Gasteiger partial charge in [0.25, 0.3) is 0 Å². The minimum atomic E-state index is -0.296. The van der Waals surface area contributed by atoms with Gasteiger partial charge >= 0.3 is 0 Å². The summed E-state index contributed by atoms with van der Waals surface area (Å²) >= 11 is 0. The Balaban J connectivity index is 1.61. The molecule has 0 aliphatic carbocycles. The molecule has 4 nitrogen and oxygen atoms in total. The number of aromatic nitrogens is 2. The van der Waals surface area contributed by atoms with E-state index in [1.54, 1.807) is 24.3 Å². The van der Waals surface area contributed by atoms with Crippen LogP contribution in [0.2, 0.25) is 0 Å². The summed E-state index contributed by atoms with van der Waals surface area (Å²) in [5.74, 6) is -0.499. The zero-order valence-electron chi connectivity index (χ0n) is 13.4. The van der Waals surface area contributed by atoms with E-state index in [1.807, 2.05) is 30.3 Å². The number of rotatable bonds is 5. The van der Waals surface area contributed by atoms with E-state index in [-0.39, 0.29) is 18.3 Å². The third-order valence-corrected chi connectivity index (χ3v) is 3.53. The average molecular weight is 333 g/mol. The van der Waals surface area contributed by atoms with Crippen LogP contribution in [-0.2, 0) is 11.3 Å². The molecule has 3 aromatic rings. The first-order valence-corrected chi connectivity index (χ1v) is 7.78. The van der Waals surface area contributed by atoms with Crippen molar-refractivity contribution in [1.29, 1.82) is 0 Å². The van der Waals surface area contributed by atoms with E-state index in [9.17, 15) is 9.18 Å². The molecule has 0 bridgehead atoms. The molecule has 1 aromatic heterocycles. The Hall–Kier alpha value is -3.34. The second-order valence-corrected chi connectivity index (χ2v) is 5.36. The molecule has 1 heterocycles. The monoisotopic (exact) mass is 333 g/mol. The molecule has 1 amide bonds. The van der Waals surface area contributed by atoms with Crippen LogP contribution in [0.3, 0.4) is 0 Å². The highest BCUT2D eigenvalue weighted by Crippen LogP contribution is 2.17.